The number of carbonyl (C=O) groups excluding carboxylic acids is 2. The van der Waals surface area contributed by atoms with E-state index in [1.165, 1.54) is 38.5 Å². The monoisotopic (exact) mass is 484 g/mol. The number of ether oxygens (including phenoxy) is 3. The van der Waals surface area contributed by atoms with Gasteiger partial charge < -0.3 is 19.5 Å². The predicted octanol–water partition coefficient (Wildman–Crippen LogP) is 3.61. The Balaban J connectivity index is 1.68. The van der Waals surface area contributed by atoms with Crippen LogP contribution in [0.5, 0.6) is 11.5 Å². The van der Waals surface area contributed by atoms with Gasteiger partial charge in [0.2, 0.25) is 0 Å². The van der Waals surface area contributed by atoms with Crippen molar-refractivity contribution < 1.29 is 32.2 Å². The van der Waals surface area contributed by atoms with Gasteiger partial charge in [-0.25, -0.2) is 13.2 Å². The van der Waals surface area contributed by atoms with E-state index in [2.05, 4.69) is 14.8 Å². The van der Waals surface area contributed by atoms with E-state index in [0.717, 1.165) is 5.56 Å². The van der Waals surface area contributed by atoms with Crippen LogP contribution < -0.4 is 19.5 Å². The van der Waals surface area contributed by atoms with Crippen LogP contribution in [0.3, 0.4) is 0 Å². The molecule has 0 unspecified atom stereocenters. The molecule has 1 amide bonds. The van der Waals surface area contributed by atoms with E-state index in [9.17, 15) is 18.0 Å². The molecule has 0 aliphatic heterocycles. The molecule has 3 aromatic rings. The van der Waals surface area contributed by atoms with Gasteiger partial charge in [0.05, 0.1) is 24.8 Å². The van der Waals surface area contributed by atoms with Gasteiger partial charge in [-0.05, 0) is 67.1 Å². The van der Waals surface area contributed by atoms with E-state index in [-0.39, 0.29) is 17.1 Å². The molecule has 10 heteroatoms. The summed E-state index contributed by atoms with van der Waals surface area (Å²) in [6.07, 6.45) is 0. The number of carbonyl (C=O) groups is 2. The van der Waals surface area contributed by atoms with Crippen molar-refractivity contribution in [2.24, 2.45) is 0 Å². The SMILES string of the molecule is COC(=O)COc1ccc(NC(=O)c2ccc(S(=O)(=O)Nc3ccccc3OC)cc2)c(C)c1. The van der Waals surface area contributed by atoms with Crippen LogP contribution in [0.2, 0.25) is 0 Å². The second-order valence-electron chi connectivity index (χ2n) is 7.13. The molecule has 0 aliphatic rings. The first-order chi connectivity index (χ1) is 16.2. The molecule has 0 aromatic heterocycles. The number of nitrogens with one attached hydrogen (secondary N) is 2. The normalized spacial score (nSPS) is 10.8. The Labute approximate surface area is 197 Å². The summed E-state index contributed by atoms with van der Waals surface area (Å²) in [5.41, 5.74) is 1.85. The maximum atomic E-state index is 12.7. The second kappa shape index (κ2) is 10.7. The fraction of sp³-hybridized carbons (Fsp3) is 0.167. The lowest BCUT2D eigenvalue weighted by Gasteiger charge is -2.13. The highest BCUT2D eigenvalue weighted by Crippen LogP contribution is 2.26. The van der Waals surface area contributed by atoms with Crippen molar-refractivity contribution in [2.75, 3.05) is 30.9 Å². The molecule has 34 heavy (non-hydrogen) atoms. The summed E-state index contributed by atoms with van der Waals surface area (Å²) in [5.74, 6) is -0.0660. The molecule has 0 saturated heterocycles. The summed E-state index contributed by atoms with van der Waals surface area (Å²) in [4.78, 5) is 23.8. The molecule has 0 atom stereocenters. The van der Waals surface area contributed by atoms with Gasteiger partial charge in [0.25, 0.3) is 15.9 Å². The first kappa shape index (κ1) is 24.6. The van der Waals surface area contributed by atoms with Crippen LogP contribution in [0.15, 0.2) is 71.6 Å². The lowest BCUT2D eigenvalue weighted by atomic mass is 10.1. The van der Waals surface area contributed by atoms with Crippen molar-refractivity contribution in [3.05, 3.63) is 77.9 Å². The highest BCUT2D eigenvalue weighted by Gasteiger charge is 2.17. The second-order valence-corrected chi connectivity index (χ2v) is 8.81. The molecular formula is C24H24N2O7S. The summed E-state index contributed by atoms with van der Waals surface area (Å²) in [6.45, 7) is 1.56. The van der Waals surface area contributed by atoms with Crippen molar-refractivity contribution in [1.29, 1.82) is 0 Å². The van der Waals surface area contributed by atoms with Crippen molar-refractivity contribution in [1.82, 2.24) is 0 Å². The molecule has 0 saturated carbocycles. The van der Waals surface area contributed by atoms with Crippen molar-refractivity contribution in [2.45, 2.75) is 11.8 Å². The summed E-state index contributed by atoms with van der Waals surface area (Å²) < 4.78 is 43.0. The largest absolute Gasteiger partial charge is 0.495 e. The fourth-order valence-electron chi connectivity index (χ4n) is 2.98. The smallest absolute Gasteiger partial charge is 0.343 e. The van der Waals surface area contributed by atoms with Crippen molar-refractivity contribution in [3.8, 4) is 11.5 Å². The third kappa shape index (κ3) is 6.04. The number of para-hydroxylation sites is 2. The minimum atomic E-state index is -3.88. The first-order valence-corrected chi connectivity index (χ1v) is 11.6. The molecule has 0 radical (unpaired) electrons. The van der Waals surface area contributed by atoms with Crippen LogP contribution in [0, 0.1) is 6.92 Å². The highest BCUT2D eigenvalue weighted by atomic mass is 32.2. The maximum Gasteiger partial charge on any atom is 0.343 e. The van der Waals surface area contributed by atoms with Crippen LogP contribution in [-0.4, -0.2) is 41.1 Å². The van der Waals surface area contributed by atoms with Crippen LogP contribution in [-0.2, 0) is 19.6 Å². The molecule has 3 rings (SSSR count). The molecule has 2 N–H and O–H groups in total. The van der Waals surface area contributed by atoms with Gasteiger partial charge in [0.15, 0.2) is 6.61 Å². The van der Waals surface area contributed by atoms with E-state index < -0.39 is 21.9 Å². The Morgan fingerprint density at radius 3 is 2.26 bits per heavy atom. The summed E-state index contributed by atoms with van der Waals surface area (Å²) in [6, 6.07) is 17.1. The predicted molar refractivity (Wildman–Crippen MR) is 127 cm³/mol. The van der Waals surface area contributed by atoms with Crippen LogP contribution in [0.1, 0.15) is 15.9 Å². The fourth-order valence-corrected chi connectivity index (χ4v) is 4.05. The zero-order chi connectivity index (χ0) is 24.7. The van der Waals surface area contributed by atoms with Crippen LogP contribution in [0.25, 0.3) is 0 Å². The van der Waals surface area contributed by atoms with Gasteiger partial charge in [-0.15, -0.1) is 0 Å². The third-order valence-electron chi connectivity index (χ3n) is 4.81. The molecule has 0 spiro atoms. The van der Waals surface area contributed by atoms with E-state index in [1.54, 1.807) is 49.4 Å². The Kier molecular flexibility index (Phi) is 7.75. The highest BCUT2D eigenvalue weighted by molar-refractivity contribution is 7.92. The quantitative estimate of drug-likeness (QED) is 0.445. The van der Waals surface area contributed by atoms with E-state index >= 15 is 0 Å². The van der Waals surface area contributed by atoms with Gasteiger partial charge >= 0.3 is 5.97 Å². The molecule has 0 heterocycles. The number of hydrogen-bond donors (Lipinski definition) is 2. The number of anilines is 2. The Morgan fingerprint density at radius 2 is 1.62 bits per heavy atom. The van der Waals surface area contributed by atoms with E-state index in [4.69, 9.17) is 9.47 Å². The number of hydrogen-bond acceptors (Lipinski definition) is 7. The van der Waals surface area contributed by atoms with Gasteiger partial charge in [-0.1, -0.05) is 12.1 Å². The first-order valence-electron chi connectivity index (χ1n) is 10.1. The van der Waals surface area contributed by atoms with Gasteiger partial charge in [-0.3, -0.25) is 9.52 Å². The molecule has 0 bridgehead atoms. The topological polar surface area (TPSA) is 120 Å². The summed E-state index contributed by atoms with van der Waals surface area (Å²) >= 11 is 0. The summed E-state index contributed by atoms with van der Waals surface area (Å²) in [7, 11) is -1.16. The van der Waals surface area contributed by atoms with E-state index in [1.807, 2.05) is 0 Å². The molecule has 3 aromatic carbocycles. The van der Waals surface area contributed by atoms with E-state index in [0.29, 0.717) is 22.9 Å². The number of esters is 1. The molecular weight excluding hydrogens is 460 g/mol. The molecule has 9 nitrogen and oxygen atoms in total. The standard InChI is InChI=1S/C24H24N2O7S/c1-16-14-18(33-15-23(27)32-3)10-13-20(16)25-24(28)17-8-11-19(12-9-17)34(29,30)26-21-6-4-5-7-22(21)31-2/h4-14,26H,15H2,1-3H3,(H,25,28). The Hall–Kier alpha value is -4.05. The van der Waals surface area contributed by atoms with Crippen LogP contribution >= 0.6 is 0 Å². The zero-order valence-electron chi connectivity index (χ0n) is 18.8. The van der Waals surface area contributed by atoms with Crippen molar-refractivity contribution >= 4 is 33.3 Å². The van der Waals surface area contributed by atoms with Gasteiger partial charge in [0.1, 0.15) is 11.5 Å². The molecule has 0 fully saturated rings. The number of methoxy groups -OCH3 is 2. The van der Waals surface area contributed by atoms with Gasteiger partial charge in [0, 0.05) is 11.3 Å². The number of sulfonamides is 1. The lowest BCUT2D eigenvalue weighted by Crippen LogP contribution is -2.15. The average molecular weight is 485 g/mol. The average Bonchev–Trinajstić information content (AvgIpc) is 2.84. The van der Waals surface area contributed by atoms with Crippen LogP contribution in [0.4, 0.5) is 11.4 Å². The van der Waals surface area contributed by atoms with Crippen molar-refractivity contribution in [3.63, 3.8) is 0 Å². The zero-order valence-corrected chi connectivity index (χ0v) is 19.6. The number of benzene rings is 3. The minimum absolute atomic E-state index is 0.00163. The summed E-state index contributed by atoms with van der Waals surface area (Å²) in [5, 5.41) is 2.78. The molecule has 178 valence electrons. The maximum absolute atomic E-state index is 12.7. The Morgan fingerprint density at radius 1 is 0.912 bits per heavy atom. The third-order valence-corrected chi connectivity index (χ3v) is 6.19. The van der Waals surface area contributed by atoms with Gasteiger partial charge in [-0.2, -0.15) is 0 Å². The number of aryl methyl sites for hydroxylation is 1. The minimum Gasteiger partial charge on any atom is -0.495 e. The number of amides is 1. The Bertz CT molecular complexity index is 1290. The number of rotatable bonds is 9. The molecule has 0 aliphatic carbocycles. The lowest BCUT2D eigenvalue weighted by molar-refractivity contribution is -0.142.